The first-order valence-corrected chi connectivity index (χ1v) is 6.26. The Kier molecular flexibility index (Phi) is 4.86. The van der Waals surface area contributed by atoms with E-state index in [-0.39, 0.29) is 5.41 Å². The SMILES string of the molecule is CCCOc1ccc(CC(C)(C)C)cc1OC. The first-order chi connectivity index (χ1) is 7.96. The normalized spacial score (nSPS) is 11.4. The molecule has 0 spiro atoms. The number of ether oxygens (including phenoxy) is 2. The molecule has 0 atom stereocenters. The summed E-state index contributed by atoms with van der Waals surface area (Å²) in [5.41, 5.74) is 1.58. The maximum Gasteiger partial charge on any atom is 0.161 e. The van der Waals surface area contributed by atoms with Gasteiger partial charge in [-0.1, -0.05) is 33.8 Å². The summed E-state index contributed by atoms with van der Waals surface area (Å²) in [6.45, 7) is 9.54. The molecule has 0 saturated heterocycles. The highest BCUT2D eigenvalue weighted by atomic mass is 16.5. The summed E-state index contributed by atoms with van der Waals surface area (Å²) in [6.07, 6.45) is 2.05. The van der Waals surface area contributed by atoms with Gasteiger partial charge in [-0.15, -0.1) is 0 Å². The van der Waals surface area contributed by atoms with Gasteiger partial charge in [0.05, 0.1) is 13.7 Å². The summed E-state index contributed by atoms with van der Waals surface area (Å²) < 4.78 is 11.0. The fourth-order valence-corrected chi connectivity index (χ4v) is 1.77. The second kappa shape index (κ2) is 5.95. The highest BCUT2D eigenvalue weighted by molar-refractivity contribution is 5.43. The van der Waals surface area contributed by atoms with E-state index in [1.165, 1.54) is 5.56 Å². The van der Waals surface area contributed by atoms with Gasteiger partial charge in [-0.3, -0.25) is 0 Å². The summed E-state index contributed by atoms with van der Waals surface area (Å²) in [5.74, 6) is 1.67. The van der Waals surface area contributed by atoms with Gasteiger partial charge in [0, 0.05) is 0 Å². The van der Waals surface area contributed by atoms with Crippen LogP contribution in [0.5, 0.6) is 11.5 Å². The molecule has 0 amide bonds. The van der Waals surface area contributed by atoms with Crippen LogP contribution in [0.15, 0.2) is 18.2 Å². The average molecular weight is 236 g/mol. The molecule has 0 bridgehead atoms. The number of benzene rings is 1. The van der Waals surface area contributed by atoms with Crippen molar-refractivity contribution in [2.75, 3.05) is 13.7 Å². The van der Waals surface area contributed by atoms with Crippen LogP contribution in [0.1, 0.15) is 39.7 Å². The highest BCUT2D eigenvalue weighted by Crippen LogP contribution is 2.30. The number of hydrogen-bond acceptors (Lipinski definition) is 2. The zero-order valence-electron chi connectivity index (χ0n) is 11.7. The number of methoxy groups -OCH3 is 1. The molecule has 0 saturated carbocycles. The van der Waals surface area contributed by atoms with Gasteiger partial charge in [0.1, 0.15) is 0 Å². The van der Waals surface area contributed by atoms with Crippen LogP contribution in [0, 0.1) is 5.41 Å². The Morgan fingerprint density at radius 3 is 2.35 bits per heavy atom. The third kappa shape index (κ3) is 4.68. The second-order valence-corrected chi connectivity index (χ2v) is 5.57. The molecule has 1 aromatic carbocycles. The van der Waals surface area contributed by atoms with E-state index in [2.05, 4.69) is 39.8 Å². The average Bonchev–Trinajstić information content (AvgIpc) is 2.25. The minimum absolute atomic E-state index is 0.288. The molecule has 1 aromatic rings. The molecule has 1 rings (SSSR count). The molecule has 2 nitrogen and oxygen atoms in total. The largest absolute Gasteiger partial charge is 0.493 e. The molecule has 96 valence electrons. The molecular formula is C15H24O2. The predicted octanol–water partition coefficient (Wildman–Crippen LogP) is 4.07. The van der Waals surface area contributed by atoms with Crippen LogP contribution in [0.25, 0.3) is 0 Å². The Balaban J connectivity index is 2.84. The maximum absolute atomic E-state index is 5.64. The van der Waals surface area contributed by atoms with Crippen molar-refractivity contribution >= 4 is 0 Å². The molecule has 0 aliphatic heterocycles. The molecule has 0 aliphatic carbocycles. The lowest BCUT2D eigenvalue weighted by atomic mass is 9.88. The van der Waals surface area contributed by atoms with E-state index < -0.39 is 0 Å². The number of rotatable bonds is 5. The van der Waals surface area contributed by atoms with Gasteiger partial charge in [-0.25, -0.2) is 0 Å². The Morgan fingerprint density at radius 1 is 1.12 bits per heavy atom. The fourth-order valence-electron chi connectivity index (χ4n) is 1.77. The van der Waals surface area contributed by atoms with E-state index in [1.807, 2.05) is 6.07 Å². The van der Waals surface area contributed by atoms with Crippen LogP contribution in [0.3, 0.4) is 0 Å². The van der Waals surface area contributed by atoms with Gasteiger partial charge >= 0.3 is 0 Å². The van der Waals surface area contributed by atoms with E-state index in [9.17, 15) is 0 Å². The van der Waals surface area contributed by atoms with E-state index in [0.29, 0.717) is 0 Å². The van der Waals surface area contributed by atoms with Crippen molar-refractivity contribution < 1.29 is 9.47 Å². The van der Waals surface area contributed by atoms with Crippen molar-refractivity contribution in [3.05, 3.63) is 23.8 Å². The van der Waals surface area contributed by atoms with Gasteiger partial charge in [0.2, 0.25) is 0 Å². The highest BCUT2D eigenvalue weighted by Gasteiger charge is 2.13. The molecular weight excluding hydrogens is 212 g/mol. The first-order valence-electron chi connectivity index (χ1n) is 6.26. The minimum atomic E-state index is 0.288. The van der Waals surface area contributed by atoms with Crippen LogP contribution in [-0.4, -0.2) is 13.7 Å². The Bertz CT molecular complexity index is 350. The molecule has 0 unspecified atom stereocenters. The third-order valence-corrected chi connectivity index (χ3v) is 2.42. The van der Waals surface area contributed by atoms with Gasteiger partial charge in [0.25, 0.3) is 0 Å². The topological polar surface area (TPSA) is 18.5 Å². The maximum atomic E-state index is 5.64. The molecule has 0 aliphatic rings. The van der Waals surface area contributed by atoms with E-state index in [4.69, 9.17) is 9.47 Å². The summed E-state index contributed by atoms with van der Waals surface area (Å²) >= 11 is 0. The molecule has 0 N–H and O–H groups in total. The summed E-state index contributed by atoms with van der Waals surface area (Å²) in [7, 11) is 1.69. The van der Waals surface area contributed by atoms with Gasteiger partial charge in [0.15, 0.2) is 11.5 Å². The van der Waals surface area contributed by atoms with Crippen molar-refractivity contribution in [2.45, 2.75) is 40.5 Å². The molecule has 0 fully saturated rings. The molecule has 0 radical (unpaired) electrons. The van der Waals surface area contributed by atoms with E-state index in [0.717, 1.165) is 30.9 Å². The summed E-state index contributed by atoms with van der Waals surface area (Å²) in [4.78, 5) is 0. The van der Waals surface area contributed by atoms with Crippen LogP contribution >= 0.6 is 0 Å². The summed E-state index contributed by atoms with van der Waals surface area (Å²) in [5, 5.41) is 0. The minimum Gasteiger partial charge on any atom is -0.493 e. The van der Waals surface area contributed by atoms with Crippen molar-refractivity contribution in [3.63, 3.8) is 0 Å². The van der Waals surface area contributed by atoms with Crippen molar-refractivity contribution in [1.29, 1.82) is 0 Å². The Labute approximate surface area is 105 Å². The molecule has 17 heavy (non-hydrogen) atoms. The van der Waals surface area contributed by atoms with Crippen molar-refractivity contribution in [2.24, 2.45) is 5.41 Å². The van der Waals surface area contributed by atoms with Crippen molar-refractivity contribution in [1.82, 2.24) is 0 Å². The zero-order valence-corrected chi connectivity index (χ0v) is 11.7. The zero-order chi connectivity index (χ0) is 12.9. The van der Waals surface area contributed by atoms with Gasteiger partial charge in [-0.05, 0) is 36.0 Å². The lowest BCUT2D eigenvalue weighted by Crippen LogP contribution is -2.09. The van der Waals surface area contributed by atoms with E-state index >= 15 is 0 Å². The van der Waals surface area contributed by atoms with Crippen LogP contribution in [-0.2, 0) is 6.42 Å². The summed E-state index contributed by atoms with van der Waals surface area (Å²) in [6, 6.07) is 6.21. The van der Waals surface area contributed by atoms with E-state index in [1.54, 1.807) is 7.11 Å². The lowest BCUT2D eigenvalue weighted by Gasteiger charge is -2.19. The lowest BCUT2D eigenvalue weighted by molar-refractivity contribution is 0.293. The van der Waals surface area contributed by atoms with Crippen LogP contribution in [0.2, 0.25) is 0 Å². The predicted molar refractivity (Wildman–Crippen MR) is 71.9 cm³/mol. The van der Waals surface area contributed by atoms with Gasteiger partial charge in [-0.2, -0.15) is 0 Å². The molecule has 2 heteroatoms. The molecule has 0 heterocycles. The Hall–Kier alpha value is -1.18. The first kappa shape index (κ1) is 13.9. The van der Waals surface area contributed by atoms with Crippen LogP contribution in [0.4, 0.5) is 0 Å². The van der Waals surface area contributed by atoms with Crippen molar-refractivity contribution in [3.8, 4) is 11.5 Å². The standard InChI is InChI=1S/C15H24O2/c1-6-9-17-13-8-7-12(10-14(13)16-5)11-15(2,3)4/h7-8,10H,6,9,11H2,1-5H3. The smallest absolute Gasteiger partial charge is 0.161 e. The third-order valence-electron chi connectivity index (χ3n) is 2.42. The Morgan fingerprint density at radius 2 is 1.82 bits per heavy atom. The van der Waals surface area contributed by atoms with Crippen LogP contribution < -0.4 is 9.47 Å². The van der Waals surface area contributed by atoms with Gasteiger partial charge < -0.3 is 9.47 Å². The quantitative estimate of drug-likeness (QED) is 0.767. The second-order valence-electron chi connectivity index (χ2n) is 5.57. The number of hydrogen-bond donors (Lipinski definition) is 0. The monoisotopic (exact) mass is 236 g/mol. The fraction of sp³-hybridized carbons (Fsp3) is 0.600. The molecule has 0 aromatic heterocycles.